The van der Waals surface area contributed by atoms with Crippen molar-refractivity contribution >= 4 is 29.5 Å². The SMILES string of the molecule is O=P(O)(O)C(F)(F)c1ccc(C#Cc2ccccc2)c2oc3ccccc3c12. The zero-order valence-electron chi connectivity index (χ0n) is 14.3. The van der Waals surface area contributed by atoms with E-state index in [4.69, 9.17) is 4.42 Å². The molecule has 0 saturated carbocycles. The van der Waals surface area contributed by atoms with Crippen LogP contribution in [-0.2, 0) is 10.2 Å². The van der Waals surface area contributed by atoms with E-state index in [1.54, 1.807) is 36.4 Å². The lowest BCUT2D eigenvalue weighted by molar-refractivity contribution is 0.0579. The number of hydrogen-bond donors (Lipinski definition) is 2. The summed E-state index contributed by atoms with van der Waals surface area (Å²) in [5.74, 6) is 5.83. The van der Waals surface area contributed by atoms with E-state index in [1.165, 1.54) is 6.07 Å². The Morgan fingerprint density at radius 1 is 0.893 bits per heavy atom. The molecule has 4 nitrogen and oxygen atoms in total. The van der Waals surface area contributed by atoms with Crippen molar-refractivity contribution in [3.8, 4) is 11.8 Å². The van der Waals surface area contributed by atoms with Gasteiger partial charge >= 0.3 is 13.3 Å². The number of furan rings is 1. The molecule has 1 heterocycles. The van der Waals surface area contributed by atoms with E-state index in [1.807, 2.05) is 18.2 Å². The standard InChI is InChI=1S/C21H13F2O4P/c22-21(23,28(24,25)26)17-13-12-15(11-10-14-6-2-1-3-7-14)20-19(17)16-8-4-5-9-18(16)27-20/h1-9,12-13H,(H2,24,25,26). The maximum absolute atomic E-state index is 14.5. The van der Waals surface area contributed by atoms with Crippen LogP contribution in [0.1, 0.15) is 16.7 Å². The van der Waals surface area contributed by atoms with E-state index in [2.05, 4.69) is 11.8 Å². The van der Waals surface area contributed by atoms with Crippen molar-refractivity contribution in [1.29, 1.82) is 0 Å². The Bertz CT molecular complexity index is 1290. The molecule has 28 heavy (non-hydrogen) atoms. The van der Waals surface area contributed by atoms with E-state index in [0.29, 0.717) is 16.5 Å². The Hall–Kier alpha value is -2.97. The Kier molecular flexibility index (Phi) is 4.32. The maximum atomic E-state index is 14.5. The van der Waals surface area contributed by atoms with Crippen LogP contribution in [0, 0.1) is 11.8 Å². The van der Waals surface area contributed by atoms with Crippen molar-refractivity contribution in [2.75, 3.05) is 0 Å². The molecule has 0 unspecified atom stereocenters. The van der Waals surface area contributed by atoms with E-state index >= 15 is 0 Å². The van der Waals surface area contributed by atoms with Gasteiger partial charge in [-0.25, -0.2) is 0 Å². The molecule has 3 aromatic carbocycles. The third kappa shape index (κ3) is 3.00. The Balaban J connectivity index is 2.03. The van der Waals surface area contributed by atoms with Gasteiger partial charge in [0.2, 0.25) is 0 Å². The van der Waals surface area contributed by atoms with Gasteiger partial charge in [0.05, 0.1) is 5.56 Å². The Labute approximate surface area is 158 Å². The van der Waals surface area contributed by atoms with Crippen LogP contribution in [0.2, 0.25) is 0 Å². The van der Waals surface area contributed by atoms with Gasteiger partial charge in [-0.2, -0.15) is 8.78 Å². The molecule has 7 heteroatoms. The number of hydrogen-bond acceptors (Lipinski definition) is 2. The molecule has 1 aromatic heterocycles. The molecular weight excluding hydrogens is 385 g/mol. The average Bonchev–Trinajstić information content (AvgIpc) is 3.06. The van der Waals surface area contributed by atoms with Gasteiger partial charge in [0, 0.05) is 21.9 Å². The zero-order valence-corrected chi connectivity index (χ0v) is 15.2. The number of para-hydroxylation sites is 1. The van der Waals surface area contributed by atoms with E-state index in [-0.39, 0.29) is 11.0 Å². The van der Waals surface area contributed by atoms with Crippen LogP contribution >= 0.6 is 7.60 Å². The first-order chi connectivity index (χ1) is 13.3. The summed E-state index contributed by atoms with van der Waals surface area (Å²) in [6, 6.07) is 17.9. The third-order valence-corrected chi connectivity index (χ3v) is 5.30. The van der Waals surface area contributed by atoms with Crippen molar-refractivity contribution < 1.29 is 27.5 Å². The predicted molar refractivity (Wildman–Crippen MR) is 102 cm³/mol. The second kappa shape index (κ2) is 6.57. The van der Waals surface area contributed by atoms with Crippen LogP contribution in [0.5, 0.6) is 0 Å². The highest BCUT2D eigenvalue weighted by Crippen LogP contribution is 2.61. The monoisotopic (exact) mass is 398 g/mol. The molecule has 0 aliphatic heterocycles. The van der Waals surface area contributed by atoms with Gasteiger partial charge in [-0.1, -0.05) is 54.3 Å². The highest BCUT2D eigenvalue weighted by atomic mass is 31.2. The Morgan fingerprint density at radius 2 is 1.57 bits per heavy atom. The van der Waals surface area contributed by atoms with E-state index in [9.17, 15) is 23.1 Å². The zero-order chi connectivity index (χ0) is 19.9. The minimum Gasteiger partial charge on any atom is -0.455 e. The topological polar surface area (TPSA) is 70.7 Å². The van der Waals surface area contributed by atoms with Gasteiger partial charge in [0.25, 0.3) is 0 Å². The molecule has 0 fully saturated rings. The normalized spacial score (nSPS) is 12.1. The first kappa shape index (κ1) is 18.4. The number of fused-ring (bicyclic) bond motifs is 3. The first-order valence-corrected chi connectivity index (χ1v) is 9.85. The van der Waals surface area contributed by atoms with Crippen molar-refractivity contribution in [2.45, 2.75) is 5.66 Å². The van der Waals surface area contributed by atoms with Crippen LogP contribution in [0.15, 0.2) is 71.1 Å². The summed E-state index contributed by atoms with van der Waals surface area (Å²) in [6.45, 7) is 0. The second-order valence-corrected chi connectivity index (χ2v) is 7.81. The Morgan fingerprint density at radius 3 is 2.29 bits per heavy atom. The second-order valence-electron chi connectivity index (χ2n) is 6.16. The van der Waals surface area contributed by atoms with Crippen LogP contribution in [-0.4, -0.2) is 9.79 Å². The van der Waals surface area contributed by atoms with Crippen molar-refractivity contribution in [3.63, 3.8) is 0 Å². The molecule has 4 rings (SSSR count). The van der Waals surface area contributed by atoms with Gasteiger partial charge in [-0.15, -0.1) is 0 Å². The van der Waals surface area contributed by atoms with Gasteiger partial charge in [-0.3, -0.25) is 4.57 Å². The molecule has 0 amide bonds. The summed E-state index contributed by atoms with van der Waals surface area (Å²) in [5, 5.41) is 0.285. The predicted octanol–water partition coefficient (Wildman–Crippen LogP) is 5.21. The molecule has 0 aliphatic rings. The molecule has 0 spiro atoms. The van der Waals surface area contributed by atoms with Crippen molar-refractivity contribution in [2.24, 2.45) is 0 Å². The van der Waals surface area contributed by atoms with Crippen molar-refractivity contribution in [3.05, 3.63) is 83.4 Å². The largest absolute Gasteiger partial charge is 0.455 e. The highest BCUT2D eigenvalue weighted by Gasteiger charge is 2.51. The molecule has 4 aromatic rings. The van der Waals surface area contributed by atoms with Gasteiger partial charge in [-0.05, 0) is 24.3 Å². The smallest absolute Gasteiger partial charge is 0.399 e. The number of alkyl halides is 2. The molecule has 0 atom stereocenters. The molecular formula is C21H13F2O4P. The molecule has 0 aliphatic carbocycles. The van der Waals surface area contributed by atoms with Gasteiger partial charge in [0.1, 0.15) is 5.58 Å². The molecule has 0 radical (unpaired) electrons. The summed E-state index contributed by atoms with van der Waals surface area (Å²) in [5.41, 5.74) is -3.67. The fraction of sp³-hybridized carbons (Fsp3) is 0.0476. The maximum Gasteiger partial charge on any atom is 0.399 e. The van der Waals surface area contributed by atoms with Gasteiger partial charge in [0.15, 0.2) is 5.58 Å². The number of rotatable bonds is 2. The minimum atomic E-state index is -5.74. The summed E-state index contributed by atoms with van der Waals surface area (Å²) < 4.78 is 46.2. The quantitative estimate of drug-likeness (QED) is 0.359. The summed E-state index contributed by atoms with van der Waals surface area (Å²) >= 11 is 0. The minimum absolute atomic E-state index is 0.0520. The first-order valence-electron chi connectivity index (χ1n) is 8.24. The number of halogens is 2. The lowest BCUT2D eigenvalue weighted by Gasteiger charge is -2.19. The van der Waals surface area contributed by atoms with E-state index in [0.717, 1.165) is 11.6 Å². The highest BCUT2D eigenvalue weighted by molar-refractivity contribution is 7.52. The van der Waals surface area contributed by atoms with Crippen LogP contribution in [0.4, 0.5) is 8.78 Å². The fourth-order valence-electron chi connectivity index (χ4n) is 3.00. The fourth-order valence-corrected chi connectivity index (χ4v) is 3.50. The lowest BCUT2D eigenvalue weighted by atomic mass is 10.0. The summed E-state index contributed by atoms with van der Waals surface area (Å²) in [4.78, 5) is 18.4. The molecule has 140 valence electrons. The average molecular weight is 398 g/mol. The lowest BCUT2D eigenvalue weighted by Crippen LogP contribution is -2.14. The third-order valence-electron chi connectivity index (χ3n) is 4.33. The summed E-state index contributed by atoms with van der Waals surface area (Å²) in [6.07, 6.45) is 0. The van der Waals surface area contributed by atoms with E-state index < -0.39 is 18.8 Å². The van der Waals surface area contributed by atoms with Crippen molar-refractivity contribution in [1.82, 2.24) is 0 Å². The van der Waals surface area contributed by atoms with Crippen LogP contribution in [0.3, 0.4) is 0 Å². The number of benzene rings is 3. The van der Waals surface area contributed by atoms with Crippen LogP contribution < -0.4 is 0 Å². The van der Waals surface area contributed by atoms with Gasteiger partial charge < -0.3 is 14.2 Å². The molecule has 0 bridgehead atoms. The molecule has 0 saturated heterocycles. The summed E-state index contributed by atoms with van der Waals surface area (Å²) in [7, 11) is -5.74. The van der Waals surface area contributed by atoms with Crippen LogP contribution in [0.25, 0.3) is 21.9 Å². The molecule has 2 N–H and O–H groups in total.